The lowest BCUT2D eigenvalue weighted by Gasteiger charge is -1.93. The number of H-pyrrole nitrogens is 1. The number of nitro groups is 1. The smallest absolute Gasteiger partial charge is 0.293 e. The van der Waals surface area contributed by atoms with Gasteiger partial charge in [-0.15, -0.1) is 0 Å². The summed E-state index contributed by atoms with van der Waals surface area (Å²) < 4.78 is 1.49. The van der Waals surface area contributed by atoms with Crippen LogP contribution in [-0.2, 0) is 0 Å². The SMILES string of the molecule is Cc1c2[nH]c3c([N+](=O)[O-])cccc3c2cc[n+]1N. The van der Waals surface area contributed by atoms with Gasteiger partial charge in [0.1, 0.15) is 11.0 Å². The van der Waals surface area contributed by atoms with E-state index in [0.29, 0.717) is 5.52 Å². The number of fused-ring (bicyclic) bond motifs is 3. The topological polar surface area (TPSA) is 88.8 Å². The van der Waals surface area contributed by atoms with Crippen LogP contribution in [0, 0.1) is 17.0 Å². The molecule has 90 valence electrons. The Bertz CT molecular complexity index is 791. The van der Waals surface area contributed by atoms with E-state index in [1.165, 1.54) is 10.7 Å². The van der Waals surface area contributed by atoms with Crippen LogP contribution in [0.2, 0.25) is 0 Å². The molecule has 3 N–H and O–H groups in total. The zero-order valence-electron chi connectivity index (χ0n) is 9.68. The molecule has 0 unspecified atom stereocenters. The second-order valence-corrected chi connectivity index (χ2v) is 4.18. The summed E-state index contributed by atoms with van der Waals surface area (Å²) >= 11 is 0. The first kappa shape index (κ1) is 10.5. The predicted molar refractivity (Wildman–Crippen MR) is 67.5 cm³/mol. The van der Waals surface area contributed by atoms with Crippen molar-refractivity contribution in [3.05, 3.63) is 46.3 Å². The third-order valence-corrected chi connectivity index (χ3v) is 3.20. The maximum absolute atomic E-state index is 11.0. The van der Waals surface area contributed by atoms with Crippen LogP contribution in [-0.4, -0.2) is 9.91 Å². The number of para-hydroxylation sites is 1. The lowest BCUT2D eigenvalue weighted by atomic mass is 10.1. The quantitative estimate of drug-likeness (QED) is 0.294. The molecule has 1 aromatic carbocycles. The van der Waals surface area contributed by atoms with Crippen molar-refractivity contribution in [1.82, 2.24) is 4.98 Å². The summed E-state index contributed by atoms with van der Waals surface area (Å²) in [4.78, 5) is 13.7. The number of aromatic nitrogens is 2. The van der Waals surface area contributed by atoms with E-state index in [4.69, 9.17) is 5.84 Å². The van der Waals surface area contributed by atoms with E-state index in [1.54, 1.807) is 12.3 Å². The van der Waals surface area contributed by atoms with Crippen LogP contribution in [0.5, 0.6) is 0 Å². The van der Waals surface area contributed by atoms with Crippen molar-refractivity contribution >= 4 is 27.5 Å². The number of nitrogens with two attached hydrogens (primary N) is 1. The fourth-order valence-corrected chi connectivity index (χ4v) is 2.23. The molecule has 0 atom stereocenters. The van der Waals surface area contributed by atoms with Crippen molar-refractivity contribution in [3.63, 3.8) is 0 Å². The average molecular weight is 243 g/mol. The van der Waals surface area contributed by atoms with E-state index in [2.05, 4.69) is 4.98 Å². The molecule has 0 spiro atoms. The van der Waals surface area contributed by atoms with Crippen molar-refractivity contribution < 1.29 is 9.60 Å². The molecule has 0 amide bonds. The van der Waals surface area contributed by atoms with E-state index >= 15 is 0 Å². The number of rotatable bonds is 1. The highest BCUT2D eigenvalue weighted by atomic mass is 16.6. The Labute approximate surface area is 102 Å². The van der Waals surface area contributed by atoms with Gasteiger partial charge in [0.25, 0.3) is 5.69 Å². The maximum atomic E-state index is 11.0. The molecule has 2 aromatic heterocycles. The molecule has 0 aliphatic carbocycles. The number of aryl methyl sites for hydroxylation is 1. The fourth-order valence-electron chi connectivity index (χ4n) is 2.23. The Morgan fingerprint density at radius 1 is 1.28 bits per heavy atom. The number of benzene rings is 1. The minimum atomic E-state index is -0.385. The monoisotopic (exact) mass is 243 g/mol. The van der Waals surface area contributed by atoms with Gasteiger partial charge in [0.05, 0.1) is 4.92 Å². The summed E-state index contributed by atoms with van der Waals surface area (Å²) in [6.45, 7) is 1.86. The van der Waals surface area contributed by atoms with Gasteiger partial charge in [-0.2, -0.15) is 0 Å². The van der Waals surface area contributed by atoms with E-state index < -0.39 is 0 Å². The van der Waals surface area contributed by atoms with Gasteiger partial charge in [0, 0.05) is 29.8 Å². The van der Waals surface area contributed by atoms with Crippen LogP contribution in [0.15, 0.2) is 30.5 Å². The largest absolute Gasteiger partial charge is 0.344 e. The Balaban J connectivity index is 2.54. The van der Waals surface area contributed by atoms with Gasteiger partial charge in [0.15, 0.2) is 6.20 Å². The van der Waals surface area contributed by atoms with Gasteiger partial charge in [-0.1, -0.05) is 16.8 Å². The summed E-state index contributed by atoms with van der Waals surface area (Å²) in [6.07, 6.45) is 1.74. The third kappa shape index (κ3) is 1.26. The third-order valence-electron chi connectivity index (χ3n) is 3.20. The second-order valence-electron chi connectivity index (χ2n) is 4.18. The number of aromatic amines is 1. The first-order chi connectivity index (χ1) is 8.59. The Hall–Kier alpha value is -2.63. The second kappa shape index (κ2) is 3.43. The zero-order valence-corrected chi connectivity index (χ0v) is 9.68. The molecule has 6 nitrogen and oxygen atoms in total. The standard InChI is InChI=1S/C12H10N4O2/c1-7-11-9(5-6-15(7)13)8-3-2-4-10(16(17)18)12(8)14-11/h2-6H,13H2,1H3/p+1. The van der Waals surface area contributed by atoms with Crippen molar-refractivity contribution in [2.24, 2.45) is 0 Å². The van der Waals surface area contributed by atoms with Gasteiger partial charge in [-0.25, -0.2) is 5.84 Å². The molecule has 0 radical (unpaired) electrons. The van der Waals surface area contributed by atoms with E-state index in [0.717, 1.165) is 22.0 Å². The molecule has 0 saturated heterocycles. The summed E-state index contributed by atoms with van der Waals surface area (Å²) in [7, 11) is 0. The molecule has 3 rings (SSSR count). The van der Waals surface area contributed by atoms with Crippen molar-refractivity contribution in [3.8, 4) is 0 Å². The van der Waals surface area contributed by atoms with Gasteiger partial charge in [-0.3, -0.25) is 10.1 Å². The van der Waals surface area contributed by atoms with Crippen molar-refractivity contribution in [1.29, 1.82) is 0 Å². The Kier molecular flexibility index (Phi) is 2.00. The average Bonchev–Trinajstić information content (AvgIpc) is 2.72. The van der Waals surface area contributed by atoms with Crippen LogP contribution >= 0.6 is 0 Å². The summed E-state index contributed by atoms with van der Waals surface area (Å²) in [5.74, 6) is 5.77. The number of pyridine rings is 1. The van der Waals surface area contributed by atoms with Crippen LogP contribution in [0.3, 0.4) is 0 Å². The molecule has 3 aromatic rings. The molecule has 0 aliphatic heterocycles. The van der Waals surface area contributed by atoms with Gasteiger partial charge >= 0.3 is 0 Å². The molecule has 6 heteroatoms. The number of nitrogen functional groups attached to an aromatic ring is 1. The van der Waals surface area contributed by atoms with Crippen LogP contribution in [0.4, 0.5) is 5.69 Å². The summed E-state index contributed by atoms with van der Waals surface area (Å²) in [5.41, 5.74) is 2.26. The Morgan fingerprint density at radius 3 is 2.72 bits per heavy atom. The minimum absolute atomic E-state index is 0.0756. The normalized spacial score (nSPS) is 11.2. The highest BCUT2D eigenvalue weighted by Crippen LogP contribution is 2.31. The molecular weight excluding hydrogens is 232 g/mol. The molecule has 2 heterocycles. The lowest BCUT2D eigenvalue weighted by Crippen LogP contribution is -2.46. The summed E-state index contributed by atoms with van der Waals surface area (Å²) in [6, 6.07) is 6.89. The highest BCUT2D eigenvalue weighted by molar-refractivity contribution is 6.10. The molecule has 0 saturated carbocycles. The van der Waals surface area contributed by atoms with Crippen LogP contribution in [0.1, 0.15) is 5.69 Å². The molecule has 0 fully saturated rings. The molecule has 0 bridgehead atoms. The first-order valence-electron chi connectivity index (χ1n) is 5.44. The maximum Gasteiger partial charge on any atom is 0.293 e. The molecular formula is C12H11N4O2+. The summed E-state index contributed by atoms with van der Waals surface area (Å²) in [5, 5.41) is 12.8. The van der Waals surface area contributed by atoms with Gasteiger partial charge in [0.2, 0.25) is 5.69 Å². The first-order valence-corrected chi connectivity index (χ1v) is 5.44. The van der Waals surface area contributed by atoms with E-state index in [-0.39, 0.29) is 10.6 Å². The van der Waals surface area contributed by atoms with Crippen molar-refractivity contribution in [2.45, 2.75) is 6.92 Å². The number of hydrogen-bond acceptors (Lipinski definition) is 3. The predicted octanol–water partition coefficient (Wildman–Crippen LogP) is 1.54. The number of nitro benzene ring substituents is 1. The van der Waals surface area contributed by atoms with E-state index in [1.807, 2.05) is 19.1 Å². The van der Waals surface area contributed by atoms with Gasteiger partial charge in [-0.05, 0) is 0 Å². The van der Waals surface area contributed by atoms with Gasteiger partial charge < -0.3 is 4.98 Å². The molecule has 18 heavy (non-hydrogen) atoms. The number of non-ortho nitro benzene ring substituents is 1. The van der Waals surface area contributed by atoms with Crippen LogP contribution < -0.4 is 10.5 Å². The zero-order chi connectivity index (χ0) is 12.9. The molecule has 0 aliphatic rings. The Morgan fingerprint density at radius 2 is 2.00 bits per heavy atom. The fraction of sp³-hybridized carbons (Fsp3) is 0.0833. The van der Waals surface area contributed by atoms with Crippen molar-refractivity contribution in [2.75, 3.05) is 5.84 Å². The van der Waals surface area contributed by atoms with Crippen LogP contribution in [0.25, 0.3) is 21.8 Å². The number of hydrogen-bond donors (Lipinski definition) is 2. The highest BCUT2D eigenvalue weighted by Gasteiger charge is 2.19. The lowest BCUT2D eigenvalue weighted by molar-refractivity contribution is -0.643. The number of nitrogens with one attached hydrogen (secondary N) is 1. The minimum Gasteiger partial charge on any atom is -0.344 e. The van der Waals surface area contributed by atoms with E-state index in [9.17, 15) is 10.1 Å². The number of nitrogens with zero attached hydrogens (tertiary/aromatic N) is 2.